The molecule has 0 saturated carbocycles. The van der Waals surface area contributed by atoms with E-state index in [1.165, 1.54) is 6.20 Å². The maximum atomic E-state index is 11.5. The van der Waals surface area contributed by atoms with Gasteiger partial charge in [-0.25, -0.2) is 0 Å². The van der Waals surface area contributed by atoms with Gasteiger partial charge in [0.05, 0.1) is 17.9 Å². The summed E-state index contributed by atoms with van der Waals surface area (Å²) in [6.45, 7) is 0. The van der Waals surface area contributed by atoms with Gasteiger partial charge in [-0.1, -0.05) is 24.3 Å². The number of hydrogen-bond donors (Lipinski definition) is 0. The Morgan fingerprint density at radius 1 is 1.07 bits per heavy atom. The van der Waals surface area contributed by atoms with Crippen LogP contribution in [0.2, 0.25) is 0 Å². The van der Waals surface area contributed by atoms with Gasteiger partial charge in [0.2, 0.25) is 0 Å². The maximum Gasteiger partial charge on any atom is 0.273 e. The summed E-state index contributed by atoms with van der Waals surface area (Å²) in [6, 6.07) is 9.88. The van der Waals surface area contributed by atoms with Gasteiger partial charge in [0, 0.05) is 11.6 Å². The van der Waals surface area contributed by atoms with Crippen LogP contribution in [0.15, 0.2) is 53.7 Å². The Hall–Kier alpha value is -2.16. The van der Waals surface area contributed by atoms with E-state index in [-0.39, 0.29) is 5.56 Å². The second kappa shape index (κ2) is 2.92. The van der Waals surface area contributed by atoms with E-state index in [4.69, 9.17) is 0 Å². The molecular weight excluding hydrogens is 188 g/mol. The van der Waals surface area contributed by atoms with E-state index in [0.717, 1.165) is 16.3 Å². The van der Waals surface area contributed by atoms with Gasteiger partial charge in [-0.05, 0) is 11.5 Å². The van der Waals surface area contributed by atoms with E-state index in [1.807, 2.05) is 30.3 Å². The number of fused-ring (bicyclic) bond motifs is 3. The van der Waals surface area contributed by atoms with Crippen molar-refractivity contribution in [1.82, 2.24) is 9.38 Å². The highest BCUT2D eigenvalue weighted by atomic mass is 16.1. The first-order valence-corrected chi connectivity index (χ1v) is 4.70. The molecule has 3 aromatic rings. The molecule has 1 aromatic carbocycles. The van der Waals surface area contributed by atoms with Crippen LogP contribution in [-0.2, 0) is 0 Å². The first-order chi connectivity index (χ1) is 7.36. The molecule has 0 saturated heterocycles. The Bertz CT molecular complexity index is 700. The van der Waals surface area contributed by atoms with Crippen LogP contribution in [-0.4, -0.2) is 9.38 Å². The van der Waals surface area contributed by atoms with E-state index in [1.54, 1.807) is 16.8 Å². The van der Waals surface area contributed by atoms with Crippen molar-refractivity contribution in [2.45, 2.75) is 0 Å². The van der Waals surface area contributed by atoms with Crippen LogP contribution < -0.4 is 5.56 Å². The summed E-state index contributed by atoms with van der Waals surface area (Å²) >= 11 is 0. The van der Waals surface area contributed by atoms with Gasteiger partial charge in [0.15, 0.2) is 0 Å². The molecule has 0 radical (unpaired) electrons. The van der Waals surface area contributed by atoms with Crippen LogP contribution in [0.3, 0.4) is 0 Å². The molecule has 0 bridgehead atoms. The average molecular weight is 196 g/mol. The summed E-state index contributed by atoms with van der Waals surface area (Å²) in [5, 5.41) is 2.16. The lowest BCUT2D eigenvalue weighted by Gasteiger charge is -2.03. The molecule has 3 nitrogen and oxygen atoms in total. The maximum absolute atomic E-state index is 11.5. The molecule has 2 aromatic heterocycles. The minimum Gasteiger partial charge on any atom is -0.281 e. The summed E-state index contributed by atoms with van der Waals surface area (Å²) in [5.41, 5.74) is 0.749. The highest BCUT2D eigenvalue weighted by Crippen LogP contribution is 2.17. The SMILES string of the molecule is O=c1cncc2c3ccccc3ccn12. The second-order valence-electron chi connectivity index (χ2n) is 3.40. The van der Waals surface area contributed by atoms with Crippen molar-refractivity contribution in [3.05, 3.63) is 59.3 Å². The molecule has 0 amide bonds. The van der Waals surface area contributed by atoms with E-state index in [9.17, 15) is 4.79 Å². The molecule has 0 atom stereocenters. The monoisotopic (exact) mass is 196 g/mol. The van der Waals surface area contributed by atoms with Crippen LogP contribution in [0.1, 0.15) is 0 Å². The van der Waals surface area contributed by atoms with Gasteiger partial charge < -0.3 is 0 Å². The highest BCUT2D eigenvalue weighted by Gasteiger charge is 2.00. The Labute approximate surface area is 85.6 Å². The molecule has 0 N–H and O–H groups in total. The van der Waals surface area contributed by atoms with Crippen molar-refractivity contribution in [2.24, 2.45) is 0 Å². The van der Waals surface area contributed by atoms with Crippen molar-refractivity contribution >= 4 is 16.3 Å². The Morgan fingerprint density at radius 3 is 2.87 bits per heavy atom. The molecule has 72 valence electrons. The van der Waals surface area contributed by atoms with Gasteiger partial charge in [-0.3, -0.25) is 14.2 Å². The van der Waals surface area contributed by atoms with Crippen LogP contribution in [0, 0.1) is 0 Å². The van der Waals surface area contributed by atoms with Crippen molar-refractivity contribution < 1.29 is 0 Å². The third-order valence-electron chi connectivity index (χ3n) is 2.52. The Morgan fingerprint density at radius 2 is 1.93 bits per heavy atom. The predicted molar refractivity (Wildman–Crippen MR) is 59.0 cm³/mol. The number of hydrogen-bond acceptors (Lipinski definition) is 2. The molecule has 0 unspecified atom stereocenters. The summed E-state index contributed by atoms with van der Waals surface area (Å²) in [4.78, 5) is 15.5. The van der Waals surface area contributed by atoms with Crippen LogP contribution in [0.4, 0.5) is 0 Å². The number of aromatic nitrogens is 2. The number of benzene rings is 1. The molecule has 2 heterocycles. The topological polar surface area (TPSA) is 34.4 Å². The van der Waals surface area contributed by atoms with Crippen molar-refractivity contribution in [3.8, 4) is 0 Å². The van der Waals surface area contributed by atoms with E-state index >= 15 is 0 Å². The largest absolute Gasteiger partial charge is 0.281 e. The zero-order valence-electron chi connectivity index (χ0n) is 7.92. The standard InChI is InChI=1S/C12H8N2O/c15-12-8-13-7-11-10-4-2-1-3-9(10)5-6-14(11)12/h1-8H. The minimum atomic E-state index is -0.0988. The molecule has 15 heavy (non-hydrogen) atoms. The van der Waals surface area contributed by atoms with Gasteiger partial charge in [-0.15, -0.1) is 0 Å². The first kappa shape index (κ1) is 8.17. The van der Waals surface area contributed by atoms with Crippen LogP contribution >= 0.6 is 0 Å². The summed E-state index contributed by atoms with van der Waals surface area (Å²) in [7, 11) is 0. The van der Waals surface area contributed by atoms with Crippen LogP contribution in [0.25, 0.3) is 16.3 Å². The molecule has 0 aliphatic heterocycles. The Kier molecular flexibility index (Phi) is 1.59. The number of rotatable bonds is 0. The fourth-order valence-corrected chi connectivity index (χ4v) is 1.80. The summed E-state index contributed by atoms with van der Waals surface area (Å²) in [6.07, 6.45) is 4.81. The zero-order chi connectivity index (χ0) is 10.3. The quantitative estimate of drug-likeness (QED) is 0.514. The fourth-order valence-electron chi connectivity index (χ4n) is 1.80. The third-order valence-corrected chi connectivity index (χ3v) is 2.52. The van der Waals surface area contributed by atoms with Gasteiger partial charge >= 0.3 is 0 Å². The molecule has 3 rings (SSSR count). The molecular formula is C12H8N2O. The lowest BCUT2D eigenvalue weighted by Crippen LogP contribution is -2.12. The summed E-state index contributed by atoms with van der Waals surface area (Å²) < 4.78 is 1.61. The lowest BCUT2D eigenvalue weighted by molar-refractivity contribution is 1.06. The van der Waals surface area contributed by atoms with Gasteiger partial charge in [0.1, 0.15) is 0 Å². The molecule has 0 aliphatic carbocycles. The molecule has 0 fully saturated rings. The molecule has 3 heteroatoms. The second-order valence-corrected chi connectivity index (χ2v) is 3.40. The van der Waals surface area contributed by atoms with E-state index in [2.05, 4.69) is 4.98 Å². The number of pyridine rings is 1. The van der Waals surface area contributed by atoms with Crippen LogP contribution in [0.5, 0.6) is 0 Å². The summed E-state index contributed by atoms with van der Waals surface area (Å²) in [5.74, 6) is 0. The fraction of sp³-hybridized carbons (Fsp3) is 0. The van der Waals surface area contributed by atoms with Crippen molar-refractivity contribution in [2.75, 3.05) is 0 Å². The third kappa shape index (κ3) is 1.13. The normalized spacial score (nSPS) is 10.9. The molecule has 0 spiro atoms. The minimum absolute atomic E-state index is 0.0988. The highest BCUT2D eigenvalue weighted by molar-refractivity contribution is 5.95. The van der Waals surface area contributed by atoms with E-state index < -0.39 is 0 Å². The zero-order valence-corrected chi connectivity index (χ0v) is 7.92. The number of nitrogens with zero attached hydrogens (tertiary/aromatic N) is 2. The molecule has 0 aliphatic rings. The van der Waals surface area contributed by atoms with E-state index in [0.29, 0.717) is 0 Å². The average Bonchev–Trinajstić information content (AvgIpc) is 2.29. The smallest absolute Gasteiger partial charge is 0.273 e. The van der Waals surface area contributed by atoms with Gasteiger partial charge in [-0.2, -0.15) is 0 Å². The Balaban J connectivity index is 2.67. The lowest BCUT2D eigenvalue weighted by atomic mass is 10.1. The first-order valence-electron chi connectivity index (χ1n) is 4.70. The van der Waals surface area contributed by atoms with Gasteiger partial charge in [0.25, 0.3) is 5.56 Å². The predicted octanol–water partition coefficient (Wildman–Crippen LogP) is 1.85. The van der Waals surface area contributed by atoms with Crippen molar-refractivity contribution in [1.29, 1.82) is 0 Å². The van der Waals surface area contributed by atoms with Crippen molar-refractivity contribution in [3.63, 3.8) is 0 Å².